The van der Waals surface area contributed by atoms with Gasteiger partial charge in [0.05, 0.1) is 20.1 Å². The zero-order chi connectivity index (χ0) is 35.3. The zero-order valence-electron chi connectivity index (χ0n) is 28.1. The van der Waals surface area contributed by atoms with Gasteiger partial charge < -0.3 is 39.0 Å². The number of hydrogen-bond donors (Lipinski definition) is 3. The Kier molecular flexibility index (Phi) is 12.3. The summed E-state index contributed by atoms with van der Waals surface area (Å²) in [6.45, 7) is 13.1. The van der Waals surface area contributed by atoms with Crippen LogP contribution in [-0.2, 0) is 49.3 Å². The van der Waals surface area contributed by atoms with Gasteiger partial charge in [-0.3, -0.25) is 9.59 Å². The van der Waals surface area contributed by atoms with Crippen LogP contribution in [0.1, 0.15) is 59.4 Å². The smallest absolute Gasteiger partial charge is 0.347 e. The highest BCUT2D eigenvalue weighted by Gasteiger charge is 2.84. The van der Waals surface area contributed by atoms with Crippen LogP contribution in [0.3, 0.4) is 0 Å². The second-order valence-corrected chi connectivity index (χ2v) is 12.8. The molecule has 1 aromatic rings. The monoisotopic (exact) mass is 660 g/mol. The second-order valence-electron chi connectivity index (χ2n) is 12.8. The van der Waals surface area contributed by atoms with E-state index < -0.39 is 71.5 Å². The average Bonchev–Trinajstić information content (AvgIpc) is 3.32. The van der Waals surface area contributed by atoms with E-state index in [2.05, 4.69) is 13.5 Å². The quantitative estimate of drug-likeness (QED) is 0.109. The van der Waals surface area contributed by atoms with Crippen molar-refractivity contribution in [1.29, 1.82) is 0 Å². The molecule has 0 unspecified atom stereocenters. The summed E-state index contributed by atoms with van der Waals surface area (Å²) < 4.78 is 27.0. The first-order chi connectivity index (χ1) is 22.0. The average molecular weight is 661 g/mol. The maximum Gasteiger partial charge on any atom is 0.347 e. The summed E-state index contributed by atoms with van der Waals surface area (Å²) in [6, 6.07) is 9.39. The molecule has 0 spiro atoms. The van der Waals surface area contributed by atoms with Crippen LogP contribution in [0.5, 0.6) is 0 Å². The normalized spacial score (nSPS) is 31.0. The SMILES string of the molecule is C=C(C[C@]12O[C@H](O)[C@@](C(=O)OC)(O1)[C@@](O)(C(=O)OC)[C@H](C(=O)/C=C/[C@@H](C)C[C@@H](C)CC)[C@H]2O)[C@@H](OC(C)=O)[C@H](C)Cc1ccccc1. The van der Waals surface area contributed by atoms with Crippen molar-refractivity contribution in [3.05, 3.63) is 60.2 Å². The van der Waals surface area contributed by atoms with E-state index in [1.807, 2.05) is 51.1 Å². The Morgan fingerprint density at radius 3 is 2.21 bits per heavy atom. The first kappa shape index (κ1) is 38.0. The van der Waals surface area contributed by atoms with Gasteiger partial charge in [0.15, 0.2) is 5.78 Å². The molecule has 0 radical (unpaired) electrons. The second kappa shape index (κ2) is 15.2. The van der Waals surface area contributed by atoms with E-state index >= 15 is 0 Å². The van der Waals surface area contributed by atoms with Gasteiger partial charge in [0.25, 0.3) is 5.60 Å². The van der Waals surface area contributed by atoms with Gasteiger partial charge in [0.1, 0.15) is 12.2 Å². The first-order valence-electron chi connectivity index (χ1n) is 15.8. The molecule has 0 amide bonds. The zero-order valence-corrected chi connectivity index (χ0v) is 28.1. The summed E-state index contributed by atoms with van der Waals surface area (Å²) in [5.74, 6) is -9.31. The lowest BCUT2D eigenvalue weighted by Crippen LogP contribution is -2.78. The number of rotatable bonds is 15. The summed E-state index contributed by atoms with van der Waals surface area (Å²) in [4.78, 5) is 53.0. The van der Waals surface area contributed by atoms with Crippen molar-refractivity contribution in [3.8, 4) is 0 Å². The lowest BCUT2D eigenvalue weighted by molar-refractivity contribution is -0.320. The van der Waals surface area contributed by atoms with Gasteiger partial charge in [-0.05, 0) is 41.9 Å². The molecular weight excluding hydrogens is 612 g/mol. The molecule has 0 aromatic heterocycles. The summed E-state index contributed by atoms with van der Waals surface area (Å²) >= 11 is 0. The van der Waals surface area contributed by atoms with Gasteiger partial charge in [0.2, 0.25) is 17.7 Å². The molecule has 47 heavy (non-hydrogen) atoms. The molecule has 2 saturated heterocycles. The van der Waals surface area contributed by atoms with E-state index in [9.17, 15) is 34.5 Å². The Bertz CT molecular complexity index is 1340. The molecule has 10 atom stereocenters. The molecule has 2 fully saturated rings. The number of aliphatic hydroxyl groups excluding tert-OH is 2. The highest BCUT2D eigenvalue weighted by molar-refractivity contribution is 6.03. The van der Waals surface area contributed by atoms with Crippen LogP contribution in [0.25, 0.3) is 0 Å². The number of hydrogen-bond acceptors (Lipinski definition) is 12. The summed E-state index contributed by atoms with van der Waals surface area (Å²) in [5, 5.41) is 35.3. The third kappa shape index (κ3) is 7.22. The van der Waals surface area contributed by atoms with Crippen LogP contribution in [0.2, 0.25) is 0 Å². The minimum absolute atomic E-state index is 0.102. The number of ether oxygens (including phenoxy) is 5. The molecule has 260 valence electrons. The standard InChI is InChI=1S/C35H48O12/c1-9-20(2)17-21(3)15-16-26(37)27-29(38)33(46-32(41)35(47-33,31(40)44-8)34(27,42)30(39)43-7)19-23(5)28(45-24(6)36)22(4)18-25-13-11-10-12-14-25/h10-16,20-22,27-29,32,38,41-42H,5,9,17-19H2,1-4,6-8H3/b16-15+/t20-,21+,22+,27+,28-,29+,32-,33-,34-,35+/m0/s1. The molecule has 2 bridgehead atoms. The molecule has 2 heterocycles. The number of methoxy groups -OCH3 is 2. The van der Waals surface area contributed by atoms with E-state index in [1.54, 1.807) is 6.08 Å². The molecule has 2 aliphatic rings. The Morgan fingerprint density at radius 1 is 1.04 bits per heavy atom. The maximum absolute atomic E-state index is 14.0. The molecule has 12 heteroatoms. The molecule has 1 aromatic carbocycles. The number of allylic oxidation sites excluding steroid dienone is 2. The first-order valence-corrected chi connectivity index (χ1v) is 15.8. The predicted octanol–water partition coefficient (Wildman–Crippen LogP) is 2.81. The van der Waals surface area contributed by atoms with Crippen molar-refractivity contribution in [2.75, 3.05) is 14.2 Å². The van der Waals surface area contributed by atoms with E-state index in [0.717, 1.165) is 38.7 Å². The van der Waals surface area contributed by atoms with E-state index in [4.69, 9.17) is 23.7 Å². The van der Waals surface area contributed by atoms with E-state index in [0.29, 0.717) is 12.3 Å². The Balaban J connectivity index is 2.12. The number of carbonyl (C=O) groups is 4. The van der Waals surface area contributed by atoms with E-state index in [1.165, 1.54) is 6.92 Å². The molecule has 3 N–H and O–H groups in total. The highest BCUT2D eigenvalue weighted by Crippen LogP contribution is 2.57. The number of fused-ring (bicyclic) bond motifs is 2. The van der Waals surface area contributed by atoms with Crippen LogP contribution in [0.4, 0.5) is 0 Å². The third-order valence-electron chi connectivity index (χ3n) is 9.21. The van der Waals surface area contributed by atoms with Crippen LogP contribution < -0.4 is 0 Å². The van der Waals surface area contributed by atoms with Gasteiger partial charge in [0, 0.05) is 19.3 Å². The Morgan fingerprint density at radius 2 is 1.66 bits per heavy atom. The lowest BCUT2D eigenvalue weighted by Gasteiger charge is -2.51. The molecule has 2 aliphatic heterocycles. The predicted molar refractivity (Wildman–Crippen MR) is 168 cm³/mol. The Labute approximate surface area is 275 Å². The maximum atomic E-state index is 14.0. The van der Waals surface area contributed by atoms with Crippen molar-refractivity contribution < 1.29 is 58.2 Å². The topological polar surface area (TPSA) is 175 Å². The number of esters is 3. The van der Waals surface area contributed by atoms with Gasteiger partial charge in [-0.25, -0.2) is 9.59 Å². The number of ketones is 1. The summed E-state index contributed by atoms with van der Waals surface area (Å²) in [5.41, 5.74) is -5.30. The molecule has 12 nitrogen and oxygen atoms in total. The van der Waals surface area contributed by atoms with Crippen LogP contribution in [0.15, 0.2) is 54.6 Å². The fraction of sp³-hybridized carbons (Fsp3) is 0.600. The molecular formula is C35H48O12. The van der Waals surface area contributed by atoms with Gasteiger partial charge in [-0.2, -0.15) is 0 Å². The van der Waals surface area contributed by atoms with Crippen molar-refractivity contribution in [3.63, 3.8) is 0 Å². The van der Waals surface area contributed by atoms with Gasteiger partial charge in [-0.15, -0.1) is 0 Å². The van der Waals surface area contributed by atoms with E-state index in [-0.39, 0.29) is 17.4 Å². The van der Waals surface area contributed by atoms with Crippen LogP contribution >= 0.6 is 0 Å². The molecule has 0 aliphatic carbocycles. The minimum atomic E-state index is -3.31. The number of benzene rings is 1. The minimum Gasteiger partial charge on any atom is -0.467 e. The fourth-order valence-corrected chi connectivity index (χ4v) is 6.69. The van der Waals surface area contributed by atoms with Crippen molar-refractivity contribution in [1.82, 2.24) is 0 Å². The van der Waals surface area contributed by atoms with Crippen molar-refractivity contribution in [2.24, 2.45) is 23.7 Å². The highest BCUT2D eigenvalue weighted by atomic mass is 16.8. The molecule has 3 rings (SSSR count). The number of carbonyl (C=O) groups excluding carboxylic acids is 4. The summed E-state index contributed by atoms with van der Waals surface area (Å²) in [7, 11) is 1.82. The van der Waals surface area contributed by atoms with Gasteiger partial charge in [-0.1, -0.05) is 77.1 Å². The van der Waals surface area contributed by atoms with Crippen LogP contribution in [-0.4, -0.2) is 88.7 Å². The van der Waals surface area contributed by atoms with Crippen molar-refractivity contribution >= 4 is 23.7 Å². The lowest BCUT2D eigenvalue weighted by atomic mass is 9.65. The summed E-state index contributed by atoms with van der Waals surface area (Å²) in [6.07, 6.45) is -1.34. The fourth-order valence-electron chi connectivity index (χ4n) is 6.69. The van der Waals surface area contributed by atoms with Crippen molar-refractivity contribution in [2.45, 2.75) is 95.8 Å². The largest absolute Gasteiger partial charge is 0.467 e. The third-order valence-corrected chi connectivity index (χ3v) is 9.21. The Hall–Kier alpha value is -3.42. The number of aliphatic hydroxyl groups is 3. The van der Waals surface area contributed by atoms with Gasteiger partial charge >= 0.3 is 17.9 Å². The molecule has 0 saturated carbocycles. The van der Waals surface area contributed by atoms with Crippen LogP contribution in [0, 0.1) is 23.7 Å².